The number of carbonyl (C=O) groups is 1. The summed E-state index contributed by atoms with van der Waals surface area (Å²) in [6, 6.07) is 12.8. The number of hydrogen-bond donors (Lipinski definition) is 1. The van der Waals surface area contributed by atoms with Gasteiger partial charge in [-0.25, -0.2) is 0 Å². The maximum Gasteiger partial charge on any atom is 0.248 e. The van der Waals surface area contributed by atoms with E-state index in [1.54, 1.807) is 26.4 Å². The van der Waals surface area contributed by atoms with Crippen LogP contribution in [0.4, 0.5) is 5.69 Å². The van der Waals surface area contributed by atoms with E-state index in [0.29, 0.717) is 29.7 Å². The van der Waals surface area contributed by atoms with E-state index >= 15 is 0 Å². The molecule has 0 aromatic heterocycles. The Balaban J connectivity index is 1.90. The second kappa shape index (κ2) is 10.3. The predicted molar refractivity (Wildman–Crippen MR) is 109 cm³/mol. The Labute approximate surface area is 161 Å². The van der Waals surface area contributed by atoms with Crippen molar-refractivity contribution in [3.63, 3.8) is 0 Å². The first-order chi connectivity index (χ1) is 13.0. The molecule has 0 bridgehead atoms. The molecule has 0 atom stereocenters. The maximum absolute atomic E-state index is 12.1. The molecule has 0 spiro atoms. The second-order valence-corrected chi connectivity index (χ2v) is 6.49. The number of carbonyl (C=O) groups excluding carboxylic acids is 1. The molecule has 144 valence electrons. The quantitative estimate of drug-likeness (QED) is 0.646. The fraction of sp³-hybridized carbons (Fsp3) is 0.318. The molecule has 2 aromatic rings. The third-order valence-electron chi connectivity index (χ3n) is 3.92. The SMILES string of the molecule is COc1ccc(C=CC(=O)Nc2ccc(OCCC(C)C)cc2)cc1OC. The molecule has 0 aliphatic heterocycles. The van der Waals surface area contributed by atoms with Crippen molar-refractivity contribution < 1.29 is 19.0 Å². The summed E-state index contributed by atoms with van der Waals surface area (Å²) in [6.07, 6.45) is 4.22. The lowest BCUT2D eigenvalue weighted by Gasteiger charge is -2.09. The van der Waals surface area contributed by atoms with Crippen molar-refractivity contribution in [1.29, 1.82) is 0 Å². The zero-order chi connectivity index (χ0) is 19.6. The van der Waals surface area contributed by atoms with Gasteiger partial charge in [0.05, 0.1) is 20.8 Å². The predicted octanol–water partition coefficient (Wildman–Crippen LogP) is 4.78. The van der Waals surface area contributed by atoms with Gasteiger partial charge in [-0.05, 0) is 60.4 Å². The smallest absolute Gasteiger partial charge is 0.248 e. The van der Waals surface area contributed by atoms with E-state index in [1.165, 1.54) is 6.08 Å². The van der Waals surface area contributed by atoms with Crippen LogP contribution >= 0.6 is 0 Å². The van der Waals surface area contributed by atoms with Gasteiger partial charge in [-0.15, -0.1) is 0 Å². The Hall–Kier alpha value is -2.95. The van der Waals surface area contributed by atoms with Crippen LogP contribution in [-0.2, 0) is 4.79 Å². The number of methoxy groups -OCH3 is 2. The van der Waals surface area contributed by atoms with Gasteiger partial charge >= 0.3 is 0 Å². The normalized spacial score (nSPS) is 10.9. The lowest BCUT2D eigenvalue weighted by molar-refractivity contribution is -0.111. The van der Waals surface area contributed by atoms with Crippen LogP contribution in [0.3, 0.4) is 0 Å². The standard InChI is InChI=1S/C22H27NO4/c1-16(2)13-14-27-19-9-7-18(8-10-19)23-22(24)12-6-17-5-11-20(25-3)21(15-17)26-4/h5-12,15-16H,13-14H2,1-4H3,(H,23,24). The van der Waals surface area contributed by atoms with Crippen LogP contribution in [0.2, 0.25) is 0 Å². The molecule has 2 aromatic carbocycles. The van der Waals surface area contributed by atoms with E-state index in [4.69, 9.17) is 14.2 Å². The molecule has 0 saturated heterocycles. The first-order valence-electron chi connectivity index (χ1n) is 8.95. The molecule has 27 heavy (non-hydrogen) atoms. The second-order valence-electron chi connectivity index (χ2n) is 6.49. The van der Waals surface area contributed by atoms with Crippen LogP contribution < -0.4 is 19.5 Å². The minimum Gasteiger partial charge on any atom is -0.494 e. The number of rotatable bonds is 9. The van der Waals surface area contributed by atoms with Crippen molar-refractivity contribution in [1.82, 2.24) is 0 Å². The van der Waals surface area contributed by atoms with E-state index in [-0.39, 0.29) is 5.91 Å². The van der Waals surface area contributed by atoms with Gasteiger partial charge < -0.3 is 19.5 Å². The summed E-state index contributed by atoms with van der Waals surface area (Å²) < 4.78 is 16.1. The van der Waals surface area contributed by atoms with E-state index in [0.717, 1.165) is 17.7 Å². The van der Waals surface area contributed by atoms with Gasteiger partial charge in [0, 0.05) is 11.8 Å². The molecule has 0 aliphatic carbocycles. The summed E-state index contributed by atoms with van der Waals surface area (Å²) in [5, 5.41) is 2.83. The van der Waals surface area contributed by atoms with Crippen LogP contribution in [0.1, 0.15) is 25.8 Å². The van der Waals surface area contributed by atoms with Crippen LogP contribution in [-0.4, -0.2) is 26.7 Å². The Kier molecular flexibility index (Phi) is 7.74. The number of hydrogen-bond acceptors (Lipinski definition) is 4. The van der Waals surface area contributed by atoms with Crippen molar-refractivity contribution >= 4 is 17.7 Å². The average Bonchev–Trinajstić information content (AvgIpc) is 2.67. The van der Waals surface area contributed by atoms with Crippen molar-refractivity contribution in [2.24, 2.45) is 5.92 Å². The average molecular weight is 369 g/mol. The van der Waals surface area contributed by atoms with Crippen molar-refractivity contribution in [3.05, 3.63) is 54.1 Å². The molecule has 1 N–H and O–H groups in total. The highest BCUT2D eigenvalue weighted by atomic mass is 16.5. The molecule has 0 radical (unpaired) electrons. The van der Waals surface area contributed by atoms with Gasteiger partial charge in [0.25, 0.3) is 0 Å². The van der Waals surface area contributed by atoms with E-state index in [2.05, 4.69) is 19.2 Å². The number of anilines is 1. The number of ether oxygens (including phenoxy) is 3. The minimum absolute atomic E-state index is 0.210. The highest BCUT2D eigenvalue weighted by Gasteiger charge is 2.04. The van der Waals surface area contributed by atoms with Crippen LogP contribution in [0, 0.1) is 5.92 Å². The van der Waals surface area contributed by atoms with Gasteiger partial charge in [-0.2, -0.15) is 0 Å². The Morgan fingerprint density at radius 2 is 1.74 bits per heavy atom. The van der Waals surface area contributed by atoms with Crippen molar-refractivity contribution in [2.75, 3.05) is 26.1 Å². The number of amides is 1. The van der Waals surface area contributed by atoms with Gasteiger partial charge in [-0.3, -0.25) is 4.79 Å². The summed E-state index contributed by atoms with van der Waals surface area (Å²) in [5.41, 5.74) is 1.56. The lowest BCUT2D eigenvalue weighted by atomic mass is 10.1. The van der Waals surface area contributed by atoms with Gasteiger partial charge in [0.2, 0.25) is 5.91 Å². The minimum atomic E-state index is -0.210. The molecule has 1 amide bonds. The molecule has 0 saturated carbocycles. The van der Waals surface area contributed by atoms with E-state index < -0.39 is 0 Å². The molecular weight excluding hydrogens is 342 g/mol. The van der Waals surface area contributed by atoms with Crippen LogP contribution in [0.5, 0.6) is 17.2 Å². The van der Waals surface area contributed by atoms with Crippen molar-refractivity contribution in [2.45, 2.75) is 20.3 Å². The zero-order valence-corrected chi connectivity index (χ0v) is 16.3. The Bertz CT molecular complexity index is 766. The van der Waals surface area contributed by atoms with E-state index in [1.807, 2.05) is 36.4 Å². The molecule has 5 nitrogen and oxygen atoms in total. The third-order valence-corrected chi connectivity index (χ3v) is 3.92. The van der Waals surface area contributed by atoms with Crippen molar-refractivity contribution in [3.8, 4) is 17.2 Å². The Morgan fingerprint density at radius 3 is 2.37 bits per heavy atom. The topological polar surface area (TPSA) is 56.8 Å². The zero-order valence-electron chi connectivity index (χ0n) is 16.3. The Morgan fingerprint density at radius 1 is 1.04 bits per heavy atom. The molecule has 5 heteroatoms. The monoisotopic (exact) mass is 369 g/mol. The van der Waals surface area contributed by atoms with Crippen LogP contribution in [0.25, 0.3) is 6.08 Å². The molecule has 0 unspecified atom stereocenters. The van der Waals surface area contributed by atoms with Gasteiger partial charge in [0.1, 0.15) is 5.75 Å². The summed E-state index contributed by atoms with van der Waals surface area (Å²) >= 11 is 0. The first kappa shape index (κ1) is 20.4. The first-order valence-corrected chi connectivity index (χ1v) is 8.95. The summed E-state index contributed by atoms with van der Waals surface area (Å²) in [7, 11) is 3.16. The van der Waals surface area contributed by atoms with Gasteiger partial charge in [-0.1, -0.05) is 19.9 Å². The summed E-state index contributed by atoms with van der Waals surface area (Å²) in [5.74, 6) is 2.47. The summed E-state index contributed by atoms with van der Waals surface area (Å²) in [6.45, 7) is 5.02. The molecule has 0 fully saturated rings. The highest BCUT2D eigenvalue weighted by molar-refractivity contribution is 6.01. The maximum atomic E-state index is 12.1. The van der Waals surface area contributed by atoms with Gasteiger partial charge in [0.15, 0.2) is 11.5 Å². The molecule has 0 heterocycles. The fourth-order valence-corrected chi connectivity index (χ4v) is 2.36. The highest BCUT2D eigenvalue weighted by Crippen LogP contribution is 2.28. The van der Waals surface area contributed by atoms with E-state index in [9.17, 15) is 4.79 Å². The number of benzene rings is 2. The molecule has 0 aliphatic rings. The summed E-state index contributed by atoms with van der Waals surface area (Å²) in [4.78, 5) is 12.1. The molecule has 2 rings (SSSR count). The largest absolute Gasteiger partial charge is 0.494 e. The van der Waals surface area contributed by atoms with Crippen LogP contribution in [0.15, 0.2) is 48.5 Å². The molecular formula is C22H27NO4. The third kappa shape index (κ3) is 6.70. The lowest BCUT2D eigenvalue weighted by Crippen LogP contribution is -2.07. The fourth-order valence-electron chi connectivity index (χ4n) is 2.36. The number of nitrogens with one attached hydrogen (secondary N) is 1.